The van der Waals surface area contributed by atoms with Crippen LogP contribution in [0, 0.1) is 0 Å². The molecule has 0 aromatic heterocycles. The molecule has 1 rings (SSSR count). The Balaban J connectivity index is 2.48. The maximum absolute atomic E-state index is 12.1. The highest BCUT2D eigenvalue weighted by Gasteiger charge is 2.25. The summed E-state index contributed by atoms with van der Waals surface area (Å²) >= 11 is 0. The number of aliphatic hydroxyl groups is 1. The first kappa shape index (κ1) is 13.5. The molecule has 1 saturated heterocycles. The number of hydrogen-bond acceptors (Lipinski definition) is 3. The molecule has 1 amide bonds. The zero-order valence-corrected chi connectivity index (χ0v) is 10.6. The summed E-state index contributed by atoms with van der Waals surface area (Å²) in [6.07, 6.45) is 4.37. The molecule has 16 heavy (non-hydrogen) atoms. The van der Waals surface area contributed by atoms with Gasteiger partial charge in [-0.1, -0.05) is 12.8 Å². The molecule has 4 heteroatoms. The predicted molar refractivity (Wildman–Crippen MR) is 64.2 cm³/mol. The van der Waals surface area contributed by atoms with Gasteiger partial charge in [0.2, 0.25) is 5.91 Å². The van der Waals surface area contributed by atoms with Crippen LogP contribution >= 0.6 is 0 Å². The highest BCUT2D eigenvalue weighted by atomic mass is 16.3. The van der Waals surface area contributed by atoms with E-state index in [1.165, 1.54) is 6.42 Å². The third kappa shape index (κ3) is 4.49. The number of carbonyl (C=O) groups is 1. The third-order valence-corrected chi connectivity index (χ3v) is 2.86. The van der Waals surface area contributed by atoms with Crippen molar-refractivity contribution >= 4 is 5.91 Å². The second-order valence-corrected chi connectivity index (χ2v) is 5.36. The van der Waals surface area contributed by atoms with E-state index in [9.17, 15) is 9.90 Å². The second kappa shape index (κ2) is 5.64. The number of amides is 1. The highest BCUT2D eigenvalue weighted by Crippen LogP contribution is 2.12. The van der Waals surface area contributed by atoms with Gasteiger partial charge in [-0.2, -0.15) is 0 Å². The van der Waals surface area contributed by atoms with Gasteiger partial charge in [-0.15, -0.1) is 0 Å². The Bertz CT molecular complexity index is 228. The van der Waals surface area contributed by atoms with Crippen molar-refractivity contribution in [1.29, 1.82) is 0 Å². The van der Waals surface area contributed by atoms with E-state index in [2.05, 4.69) is 5.32 Å². The molecule has 1 fully saturated rings. The SMILES string of the molecule is CN(CC(C)(C)O)C(=O)C1CCCCCN1. The van der Waals surface area contributed by atoms with Gasteiger partial charge in [-0.3, -0.25) is 4.79 Å². The zero-order chi connectivity index (χ0) is 12.2. The van der Waals surface area contributed by atoms with Crippen molar-refractivity contribution in [2.75, 3.05) is 20.1 Å². The van der Waals surface area contributed by atoms with Gasteiger partial charge in [0.05, 0.1) is 11.6 Å². The average Bonchev–Trinajstić information content (AvgIpc) is 2.41. The van der Waals surface area contributed by atoms with E-state index in [1.54, 1.807) is 25.8 Å². The topological polar surface area (TPSA) is 52.6 Å². The van der Waals surface area contributed by atoms with E-state index in [0.29, 0.717) is 6.54 Å². The molecule has 1 unspecified atom stereocenters. The van der Waals surface area contributed by atoms with Gasteiger partial charge >= 0.3 is 0 Å². The summed E-state index contributed by atoms with van der Waals surface area (Å²) in [4.78, 5) is 13.7. The lowest BCUT2D eigenvalue weighted by molar-refractivity contribution is -0.134. The van der Waals surface area contributed by atoms with E-state index in [0.717, 1.165) is 25.8 Å². The lowest BCUT2D eigenvalue weighted by Gasteiger charge is -2.28. The van der Waals surface area contributed by atoms with E-state index >= 15 is 0 Å². The molecule has 0 radical (unpaired) electrons. The van der Waals surface area contributed by atoms with Crippen LogP contribution in [0.15, 0.2) is 0 Å². The Kier molecular flexibility index (Phi) is 4.74. The van der Waals surface area contributed by atoms with Gasteiger partial charge in [0, 0.05) is 13.6 Å². The Hall–Kier alpha value is -0.610. The van der Waals surface area contributed by atoms with Crippen molar-refractivity contribution in [3.05, 3.63) is 0 Å². The summed E-state index contributed by atoms with van der Waals surface area (Å²) < 4.78 is 0. The molecule has 4 nitrogen and oxygen atoms in total. The normalized spacial score (nSPS) is 22.6. The molecule has 0 saturated carbocycles. The Morgan fingerprint density at radius 1 is 1.44 bits per heavy atom. The first-order chi connectivity index (χ1) is 7.40. The van der Waals surface area contributed by atoms with Gasteiger partial charge in [0.1, 0.15) is 0 Å². The Labute approximate surface area is 98.0 Å². The van der Waals surface area contributed by atoms with E-state index in [-0.39, 0.29) is 11.9 Å². The summed E-state index contributed by atoms with van der Waals surface area (Å²) in [5.74, 6) is 0.101. The van der Waals surface area contributed by atoms with Gasteiger partial charge in [-0.05, 0) is 33.2 Å². The number of nitrogens with one attached hydrogen (secondary N) is 1. The first-order valence-electron chi connectivity index (χ1n) is 6.11. The average molecular weight is 228 g/mol. The smallest absolute Gasteiger partial charge is 0.239 e. The molecule has 1 atom stereocenters. The van der Waals surface area contributed by atoms with Crippen LogP contribution < -0.4 is 5.32 Å². The van der Waals surface area contributed by atoms with E-state index in [4.69, 9.17) is 0 Å². The third-order valence-electron chi connectivity index (χ3n) is 2.86. The van der Waals surface area contributed by atoms with Crippen molar-refractivity contribution in [2.45, 2.75) is 51.2 Å². The molecule has 0 aromatic rings. The number of likely N-dealkylation sites (N-methyl/N-ethyl adjacent to an activating group) is 1. The van der Waals surface area contributed by atoms with Crippen LogP contribution in [0.5, 0.6) is 0 Å². The van der Waals surface area contributed by atoms with Crippen LogP contribution in [0.1, 0.15) is 39.5 Å². The van der Waals surface area contributed by atoms with Crippen molar-refractivity contribution in [1.82, 2.24) is 10.2 Å². The van der Waals surface area contributed by atoms with Crippen LogP contribution in [0.4, 0.5) is 0 Å². The van der Waals surface area contributed by atoms with Crippen LogP contribution in [0.25, 0.3) is 0 Å². The largest absolute Gasteiger partial charge is 0.389 e. The monoisotopic (exact) mass is 228 g/mol. The quantitative estimate of drug-likeness (QED) is 0.749. The Morgan fingerprint density at radius 3 is 2.75 bits per heavy atom. The molecular formula is C12H24N2O2. The van der Waals surface area contributed by atoms with Crippen molar-refractivity contribution in [2.24, 2.45) is 0 Å². The number of hydrogen-bond donors (Lipinski definition) is 2. The van der Waals surface area contributed by atoms with Crippen LogP contribution in [0.2, 0.25) is 0 Å². The number of rotatable bonds is 3. The van der Waals surface area contributed by atoms with Gasteiger partial charge in [0.25, 0.3) is 0 Å². The lowest BCUT2D eigenvalue weighted by atomic mass is 10.1. The second-order valence-electron chi connectivity index (χ2n) is 5.36. The van der Waals surface area contributed by atoms with Gasteiger partial charge in [0.15, 0.2) is 0 Å². The fraction of sp³-hybridized carbons (Fsp3) is 0.917. The molecule has 0 aromatic carbocycles. The maximum Gasteiger partial charge on any atom is 0.239 e. The summed E-state index contributed by atoms with van der Waals surface area (Å²) in [7, 11) is 1.76. The minimum atomic E-state index is -0.824. The molecule has 1 aliphatic rings. The fourth-order valence-corrected chi connectivity index (χ4v) is 2.16. The van der Waals surface area contributed by atoms with Crippen molar-refractivity contribution in [3.63, 3.8) is 0 Å². The molecule has 2 N–H and O–H groups in total. The van der Waals surface area contributed by atoms with Crippen molar-refractivity contribution in [3.8, 4) is 0 Å². The van der Waals surface area contributed by atoms with E-state index in [1.807, 2.05) is 0 Å². The molecule has 0 aliphatic carbocycles. The molecule has 94 valence electrons. The van der Waals surface area contributed by atoms with Crippen LogP contribution in [0.3, 0.4) is 0 Å². The lowest BCUT2D eigenvalue weighted by Crippen LogP contribution is -2.48. The van der Waals surface area contributed by atoms with Crippen LogP contribution in [-0.2, 0) is 4.79 Å². The molecule has 0 bridgehead atoms. The first-order valence-corrected chi connectivity index (χ1v) is 6.11. The minimum Gasteiger partial charge on any atom is -0.389 e. The zero-order valence-electron chi connectivity index (χ0n) is 10.6. The fourth-order valence-electron chi connectivity index (χ4n) is 2.16. The minimum absolute atomic E-state index is 0.0603. The standard InChI is InChI=1S/C12H24N2O2/c1-12(2,16)9-14(3)11(15)10-7-5-4-6-8-13-10/h10,13,16H,4-9H2,1-3H3. The molecule has 1 heterocycles. The number of carbonyl (C=O) groups excluding carboxylic acids is 1. The molecule has 1 aliphatic heterocycles. The van der Waals surface area contributed by atoms with E-state index < -0.39 is 5.60 Å². The number of nitrogens with zero attached hydrogens (tertiary/aromatic N) is 1. The summed E-state index contributed by atoms with van der Waals surface area (Å²) in [6.45, 7) is 4.74. The summed E-state index contributed by atoms with van der Waals surface area (Å²) in [6, 6.07) is -0.0603. The van der Waals surface area contributed by atoms with Gasteiger partial charge < -0.3 is 15.3 Å². The Morgan fingerprint density at radius 2 is 2.12 bits per heavy atom. The predicted octanol–water partition coefficient (Wildman–Crippen LogP) is 0.748. The van der Waals surface area contributed by atoms with Crippen molar-refractivity contribution < 1.29 is 9.90 Å². The molecular weight excluding hydrogens is 204 g/mol. The van der Waals surface area contributed by atoms with Crippen LogP contribution in [-0.4, -0.2) is 47.7 Å². The maximum atomic E-state index is 12.1. The summed E-state index contributed by atoms with van der Waals surface area (Å²) in [5.41, 5.74) is -0.824. The highest BCUT2D eigenvalue weighted by molar-refractivity contribution is 5.81. The summed E-state index contributed by atoms with van der Waals surface area (Å²) in [5, 5.41) is 13.0. The molecule has 0 spiro atoms. The van der Waals surface area contributed by atoms with Gasteiger partial charge in [-0.25, -0.2) is 0 Å².